The van der Waals surface area contributed by atoms with E-state index in [1.165, 1.54) is 35.0 Å². The Balaban J connectivity index is 1.98. The van der Waals surface area contributed by atoms with Crippen molar-refractivity contribution in [1.82, 2.24) is 9.78 Å². The second-order valence-electron chi connectivity index (χ2n) is 6.30. The number of hydrogen-bond acceptors (Lipinski definition) is 1. The van der Waals surface area contributed by atoms with Crippen molar-refractivity contribution in [3.05, 3.63) is 88.7 Å². The summed E-state index contributed by atoms with van der Waals surface area (Å²) in [4.78, 5) is 0. The van der Waals surface area contributed by atoms with Crippen LogP contribution >= 0.6 is 11.6 Å². The number of rotatable bonds is 3. The van der Waals surface area contributed by atoms with Crippen LogP contribution in [-0.4, -0.2) is 9.78 Å². The van der Waals surface area contributed by atoms with Gasteiger partial charge in [0.2, 0.25) is 0 Å². The molecule has 4 rings (SSSR count). The van der Waals surface area contributed by atoms with Crippen LogP contribution < -0.4 is 0 Å². The van der Waals surface area contributed by atoms with Crippen LogP contribution in [-0.2, 0) is 12.7 Å². The second-order valence-corrected chi connectivity index (χ2v) is 6.71. The Bertz CT molecular complexity index is 1150. The molecule has 3 aromatic carbocycles. The molecule has 1 aromatic heterocycles. The number of alkyl halides is 3. The van der Waals surface area contributed by atoms with Crippen LogP contribution in [0.25, 0.3) is 22.2 Å². The van der Waals surface area contributed by atoms with Crippen LogP contribution in [0.1, 0.15) is 11.1 Å². The second kappa shape index (κ2) is 6.95. The monoisotopic (exact) mass is 404 g/mol. The minimum Gasteiger partial charge on any atom is -0.259 e. The number of aromatic nitrogens is 2. The van der Waals surface area contributed by atoms with E-state index in [1.54, 1.807) is 30.3 Å². The van der Waals surface area contributed by atoms with E-state index in [9.17, 15) is 17.6 Å². The highest BCUT2D eigenvalue weighted by Gasteiger charge is 2.34. The zero-order chi connectivity index (χ0) is 19.9. The molecule has 2 nitrogen and oxygen atoms in total. The summed E-state index contributed by atoms with van der Waals surface area (Å²) in [5.41, 5.74) is 0.790. The molecule has 0 saturated heterocycles. The molecule has 4 aromatic rings. The minimum atomic E-state index is -4.54. The maximum atomic E-state index is 13.5. The van der Waals surface area contributed by atoms with Crippen LogP contribution in [0.3, 0.4) is 0 Å². The lowest BCUT2D eigenvalue weighted by Crippen LogP contribution is -2.07. The molecule has 28 heavy (non-hydrogen) atoms. The highest BCUT2D eigenvalue weighted by Crippen LogP contribution is 2.38. The predicted octanol–water partition coefficient (Wildman–Crippen LogP) is 6.56. The van der Waals surface area contributed by atoms with E-state index in [-0.39, 0.29) is 12.1 Å². The van der Waals surface area contributed by atoms with Crippen LogP contribution in [0.4, 0.5) is 17.6 Å². The molecule has 0 aliphatic heterocycles. The maximum Gasteiger partial charge on any atom is 0.418 e. The number of halogens is 5. The predicted molar refractivity (Wildman–Crippen MR) is 101 cm³/mol. The van der Waals surface area contributed by atoms with Gasteiger partial charge in [-0.2, -0.15) is 18.3 Å². The van der Waals surface area contributed by atoms with Gasteiger partial charge in [-0.25, -0.2) is 4.39 Å². The number of benzene rings is 3. The summed E-state index contributed by atoms with van der Waals surface area (Å²) < 4.78 is 55.3. The van der Waals surface area contributed by atoms with Gasteiger partial charge in [-0.15, -0.1) is 0 Å². The Morgan fingerprint density at radius 1 is 0.893 bits per heavy atom. The fourth-order valence-electron chi connectivity index (χ4n) is 3.20. The normalized spacial score (nSPS) is 11.9. The minimum absolute atomic E-state index is 0.152. The Morgan fingerprint density at radius 3 is 2.29 bits per heavy atom. The van der Waals surface area contributed by atoms with Crippen molar-refractivity contribution < 1.29 is 17.6 Å². The average molecular weight is 405 g/mol. The Hall–Kier alpha value is -2.86. The van der Waals surface area contributed by atoms with Crippen LogP contribution in [0.2, 0.25) is 5.02 Å². The lowest BCUT2D eigenvalue weighted by molar-refractivity contribution is -0.136. The first-order valence-electron chi connectivity index (χ1n) is 8.40. The van der Waals surface area contributed by atoms with Gasteiger partial charge < -0.3 is 0 Å². The smallest absolute Gasteiger partial charge is 0.259 e. The molecule has 0 spiro atoms. The summed E-state index contributed by atoms with van der Waals surface area (Å²) in [6.07, 6.45) is -4.54. The standard InChI is InChI=1S/C21H13ClF4N2/c22-18-7-2-1-4-14(18)12-28-20(13-8-10-15(23)11-9-13)16-5-3-6-17(19(16)27-28)21(24,25)26/h1-11H,12H2. The number of nitrogens with zero attached hydrogens (tertiary/aromatic N) is 2. The van der Waals surface area contributed by atoms with Gasteiger partial charge >= 0.3 is 6.18 Å². The molecule has 0 radical (unpaired) electrons. The highest BCUT2D eigenvalue weighted by atomic mass is 35.5. The maximum absolute atomic E-state index is 13.5. The Kier molecular flexibility index (Phi) is 4.59. The SMILES string of the molecule is Fc1ccc(-c2c3cccc(C(F)(F)F)c3nn2Cc2ccccc2Cl)cc1. The van der Waals surface area contributed by atoms with Gasteiger partial charge in [0.1, 0.15) is 11.3 Å². The van der Waals surface area contributed by atoms with Gasteiger partial charge in [0, 0.05) is 16.0 Å². The summed E-state index contributed by atoms with van der Waals surface area (Å²) in [6, 6.07) is 16.6. The van der Waals surface area contributed by atoms with Gasteiger partial charge in [0.05, 0.1) is 17.8 Å². The molecule has 0 aliphatic carbocycles. The molecule has 0 amide bonds. The summed E-state index contributed by atoms with van der Waals surface area (Å²) in [6.45, 7) is 0.179. The van der Waals surface area contributed by atoms with Crippen molar-refractivity contribution in [2.24, 2.45) is 0 Å². The van der Waals surface area contributed by atoms with Crippen molar-refractivity contribution in [1.29, 1.82) is 0 Å². The fraction of sp³-hybridized carbons (Fsp3) is 0.0952. The molecule has 142 valence electrons. The quantitative estimate of drug-likeness (QED) is 0.353. The number of fused-ring (bicyclic) bond motifs is 1. The van der Waals surface area contributed by atoms with Crippen molar-refractivity contribution in [3.63, 3.8) is 0 Å². The molecule has 0 saturated carbocycles. The van der Waals surface area contributed by atoms with Gasteiger partial charge in [-0.1, -0.05) is 41.9 Å². The van der Waals surface area contributed by atoms with Gasteiger partial charge in [-0.3, -0.25) is 4.68 Å². The molecule has 0 bridgehead atoms. The lowest BCUT2D eigenvalue weighted by Gasteiger charge is -2.10. The zero-order valence-corrected chi connectivity index (χ0v) is 15.1. The highest BCUT2D eigenvalue weighted by molar-refractivity contribution is 6.31. The fourth-order valence-corrected chi connectivity index (χ4v) is 3.39. The summed E-state index contributed by atoms with van der Waals surface area (Å²) in [7, 11) is 0. The van der Waals surface area contributed by atoms with Crippen LogP contribution in [0, 0.1) is 5.82 Å². The van der Waals surface area contributed by atoms with Crippen molar-refractivity contribution in [3.8, 4) is 11.3 Å². The molecule has 0 N–H and O–H groups in total. The summed E-state index contributed by atoms with van der Waals surface area (Å²) in [5, 5.41) is 5.09. The zero-order valence-electron chi connectivity index (χ0n) is 14.3. The van der Waals surface area contributed by atoms with Crippen molar-refractivity contribution in [2.75, 3.05) is 0 Å². The van der Waals surface area contributed by atoms with Crippen LogP contribution in [0.15, 0.2) is 66.7 Å². The van der Waals surface area contributed by atoms with Crippen molar-refractivity contribution in [2.45, 2.75) is 12.7 Å². The van der Waals surface area contributed by atoms with E-state index in [0.29, 0.717) is 27.2 Å². The first kappa shape index (κ1) is 18.5. The third kappa shape index (κ3) is 3.36. The molecule has 1 heterocycles. The van der Waals surface area contributed by atoms with E-state index < -0.39 is 17.6 Å². The Morgan fingerprint density at radius 2 is 1.61 bits per heavy atom. The summed E-state index contributed by atoms with van der Waals surface area (Å²) in [5.74, 6) is -0.429. The topological polar surface area (TPSA) is 17.8 Å². The third-order valence-corrected chi connectivity index (χ3v) is 4.84. The largest absolute Gasteiger partial charge is 0.418 e. The molecular formula is C21H13ClF4N2. The van der Waals surface area contributed by atoms with Gasteiger partial charge in [0.15, 0.2) is 0 Å². The van der Waals surface area contributed by atoms with E-state index in [2.05, 4.69) is 5.10 Å². The van der Waals surface area contributed by atoms with Crippen molar-refractivity contribution >= 4 is 22.5 Å². The summed E-state index contributed by atoms with van der Waals surface area (Å²) >= 11 is 6.23. The van der Waals surface area contributed by atoms with E-state index in [4.69, 9.17) is 11.6 Å². The molecule has 7 heteroatoms. The van der Waals surface area contributed by atoms with Gasteiger partial charge in [-0.05, 0) is 42.0 Å². The van der Waals surface area contributed by atoms with Gasteiger partial charge in [0.25, 0.3) is 0 Å². The van der Waals surface area contributed by atoms with E-state index >= 15 is 0 Å². The molecular weight excluding hydrogens is 392 g/mol. The van der Waals surface area contributed by atoms with E-state index in [1.807, 2.05) is 0 Å². The molecule has 0 atom stereocenters. The third-order valence-electron chi connectivity index (χ3n) is 4.47. The van der Waals surface area contributed by atoms with E-state index in [0.717, 1.165) is 6.07 Å². The Labute approximate surface area is 163 Å². The lowest BCUT2D eigenvalue weighted by atomic mass is 10.0. The average Bonchev–Trinajstić information content (AvgIpc) is 3.01. The molecule has 0 unspecified atom stereocenters. The molecule has 0 fully saturated rings. The first-order chi connectivity index (χ1) is 13.3. The first-order valence-corrected chi connectivity index (χ1v) is 8.78. The number of hydrogen-bond donors (Lipinski definition) is 0. The molecule has 0 aliphatic rings. The van der Waals surface area contributed by atoms with Crippen LogP contribution in [0.5, 0.6) is 0 Å².